The van der Waals surface area contributed by atoms with E-state index in [1.165, 1.54) is 27.6 Å². The van der Waals surface area contributed by atoms with Gasteiger partial charge in [-0.05, 0) is 48.7 Å². The predicted octanol–water partition coefficient (Wildman–Crippen LogP) is 7.07. The third-order valence-corrected chi connectivity index (χ3v) is 6.63. The van der Waals surface area contributed by atoms with Crippen molar-refractivity contribution in [2.45, 2.75) is 26.5 Å². The number of methoxy groups -OCH3 is 1. The molecule has 1 heterocycles. The van der Waals surface area contributed by atoms with Crippen LogP contribution < -0.4 is 10.1 Å². The largest absolute Gasteiger partial charge is 0.495 e. The average Bonchev–Trinajstić information content (AvgIpc) is 3.22. The van der Waals surface area contributed by atoms with Gasteiger partial charge in [-0.1, -0.05) is 84.4 Å². The van der Waals surface area contributed by atoms with E-state index in [0.29, 0.717) is 13.1 Å². The van der Waals surface area contributed by atoms with Crippen molar-refractivity contribution in [3.63, 3.8) is 0 Å². The van der Waals surface area contributed by atoms with Crippen molar-refractivity contribution in [1.29, 1.82) is 0 Å². The predicted molar refractivity (Wildman–Crippen MR) is 150 cm³/mol. The number of ether oxygens (including phenoxy) is 1. The zero-order chi connectivity index (χ0) is 25.1. The summed E-state index contributed by atoms with van der Waals surface area (Å²) in [6.07, 6.45) is -0.614. The highest BCUT2D eigenvalue weighted by molar-refractivity contribution is 6.06. The molecule has 0 unspecified atom stereocenters. The van der Waals surface area contributed by atoms with E-state index in [1.807, 2.05) is 30.3 Å². The second-order valence-electron chi connectivity index (χ2n) is 9.28. The summed E-state index contributed by atoms with van der Waals surface area (Å²) < 4.78 is 7.76. The van der Waals surface area contributed by atoms with Gasteiger partial charge in [-0.3, -0.25) is 0 Å². The fourth-order valence-electron chi connectivity index (χ4n) is 5.15. The summed E-state index contributed by atoms with van der Waals surface area (Å²) in [5.41, 5.74) is 9.10. The van der Waals surface area contributed by atoms with Crippen molar-refractivity contribution in [1.82, 2.24) is 4.57 Å². The van der Waals surface area contributed by atoms with Gasteiger partial charge in [0.25, 0.3) is 0 Å². The van der Waals surface area contributed by atoms with Crippen molar-refractivity contribution in [3.05, 3.63) is 108 Å². The zero-order valence-corrected chi connectivity index (χ0v) is 21.0. The summed E-state index contributed by atoms with van der Waals surface area (Å²) in [6, 6.07) is 33.3. The molecule has 1 aromatic heterocycles. The molecule has 0 bridgehead atoms. The number of aliphatic hydroxyl groups excluding tert-OH is 1. The van der Waals surface area contributed by atoms with Gasteiger partial charge in [-0.15, -0.1) is 0 Å². The minimum absolute atomic E-state index is 0.403. The standard InChI is InChI=1S/C32H32N2O2/c1-22-18-23(2)31-27(19-22)30(24-12-6-4-7-13-24)32(25-14-8-5-9-15-25)34(31)21-26(35)20-33-28-16-10-11-17-29(28)36-3/h4-19,26,33,35H,20-21H2,1-3H3/t26-/m0/s1. The summed E-state index contributed by atoms with van der Waals surface area (Å²) in [7, 11) is 1.66. The molecule has 2 N–H and O–H groups in total. The molecule has 36 heavy (non-hydrogen) atoms. The van der Waals surface area contributed by atoms with Crippen LogP contribution in [0.5, 0.6) is 5.75 Å². The molecule has 0 saturated carbocycles. The molecule has 4 nitrogen and oxygen atoms in total. The minimum Gasteiger partial charge on any atom is -0.495 e. The molecule has 5 rings (SSSR count). The maximum atomic E-state index is 11.3. The summed E-state index contributed by atoms with van der Waals surface area (Å²) in [5.74, 6) is 0.763. The van der Waals surface area contributed by atoms with Crippen LogP contribution in [-0.2, 0) is 6.54 Å². The van der Waals surface area contributed by atoms with E-state index in [9.17, 15) is 5.11 Å². The molecule has 0 amide bonds. The maximum Gasteiger partial charge on any atom is 0.141 e. The monoisotopic (exact) mass is 476 g/mol. The number of aromatic nitrogens is 1. The van der Waals surface area contributed by atoms with Gasteiger partial charge in [0, 0.05) is 17.5 Å². The second-order valence-corrected chi connectivity index (χ2v) is 9.28. The Hall–Kier alpha value is -4.02. The van der Waals surface area contributed by atoms with Crippen LogP contribution in [0.15, 0.2) is 97.1 Å². The molecule has 0 aliphatic heterocycles. The molecule has 0 aliphatic carbocycles. The average molecular weight is 477 g/mol. The number of aliphatic hydroxyl groups is 1. The zero-order valence-electron chi connectivity index (χ0n) is 21.0. The van der Waals surface area contributed by atoms with Crippen LogP contribution in [0.1, 0.15) is 11.1 Å². The maximum absolute atomic E-state index is 11.3. The van der Waals surface area contributed by atoms with Gasteiger partial charge in [0.2, 0.25) is 0 Å². The molecule has 0 spiro atoms. The van der Waals surface area contributed by atoms with Crippen molar-refractivity contribution in [2.24, 2.45) is 0 Å². The molecule has 1 atom stereocenters. The van der Waals surface area contributed by atoms with Crippen LogP contribution in [0.3, 0.4) is 0 Å². The number of hydrogen-bond acceptors (Lipinski definition) is 3. The van der Waals surface area contributed by atoms with E-state index in [-0.39, 0.29) is 0 Å². The molecule has 0 saturated heterocycles. The van der Waals surface area contributed by atoms with E-state index < -0.39 is 6.10 Å². The number of nitrogens with one attached hydrogen (secondary N) is 1. The van der Waals surface area contributed by atoms with Crippen molar-refractivity contribution in [2.75, 3.05) is 19.0 Å². The lowest BCUT2D eigenvalue weighted by molar-refractivity contribution is 0.168. The number of anilines is 1. The van der Waals surface area contributed by atoms with Gasteiger partial charge in [-0.25, -0.2) is 0 Å². The lowest BCUT2D eigenvalue weighted by Gasteiger charge is -2.19. The molecule has 0 fully saturated rings. The molecular weight excluding hydrogens is 444 g/mol. The number of nitrogens with zero attached hydrogens (tertiary/aromatic N) is 1. The Morgan fingerprint density at radius 1 is 0.833 bits per heavy atom. The van der Waals surface area contributed by atoms with E-state index >= 15 is 0 Å². The Morgan fingerprint density at radius 3 is 2.17 bits per heavy atom. The van der Waals surface area contributed by atoms with Crippen LogP contribution >= 0.6 is 0 Å². The lowest BCUT2D eigenvalue weighted by atomic mass is 9.97. The lowest BCUT2D eigenvalue weighted by Crippen LogP contribution is -2.25. The van der Waals surface area contributed by atoms with E-state index in [4.69, 9.17) is 4.74 Å². The Bertz CT molecular complexity index is 1470. The van der Waals surface area contributed by atoms with Crippen LogP contribution in [0.25, 0.3) is 33.3 Å². The summed E-state index contributed by atoms with van der Waals surface area (Å²) >= 11 is 0. The fourth-order valence-corrected chi connectivity index (χ4v) is 5.15. The second kappa shape index (κ2) is 10.3. The molecular formula is C32H32N2O2. The quantitative estimate of drug-likeness (QED) is 0.252. The van der Waals surface area contributed by atoms with Crippen molar-refractivity contribution >= 4 is 16.6 Å². The normalized spacial score (nSPS) is 12.0. The third-order valence-electron chi connectivity index (χ3n) is 6.63. The van der Waals surface area contributed by atoms with Gasteiger partial charge < -0.3 is 19.7 Å². The number of aryl methyl sites for hydroxylation is 2. The van der Waals surface area contributed by atoms with Crippen molar-refractivity contribution < 1.29 is 9.84 Å². The van der Waals surface area contributed by atoms with E-state index in [0.717, 1.165) is 28.2 Å². The van der Waals surface area contributed by atoms with Gasteiger partial charge in [0.05, 0.1) is 36.7 Å². The molecule has 5 aromatic rings. The van der Waals surface area contributed by atoms with Gasteiger partial charge in [0.1, 0.15) is 5.75 Å². The number of para-hydroxylation sites is 2. The smallest absolute Gasteiger partial charge is 0.141 e. The summed E-state index contributed by atoms with van der Waals surface area (Å²) in [6.45, 7) is 5.17. The summed E-state index contributed by atoms with van der Waals surface area (Å²) in [5, 5.41) is 15.8. The molecule has 0 aliphatic rings. The molecule has 4 aromatic carbocycles. The first-order valence-corrected chi connectivity index (χ1v) is 12.4. The number of fused-ring (bicyclic) bond motifs is 1. The van der Waals surface area contributed by atoms with Crippen molar-refractivity contribution in [3.8, 4) is 28.1 Å². The fraction of sp³-hybridized carbons (Fsp3) is 0.188. The van der Waals surface area contributed by atoms with Gasteiger partial charge >= 0.3 is 0 Å². The summed E-state index contributed by atoms with van der Waals surface area (Å²) in [4.78, 5) is 0. The van der Waals surface area contributed by atoms with Gasteiger partial charge in [-0.2, -0.15) is 0 Å². The Balaban J connectivity index is 1.63. The van der Waals surface area contributed by atoms with Crippen LogP contribution in [0, 0.1) is 13.8 Å². The Kier molecular flexibility index (Phi) is 6.79. The highest BCUT2D eigenvalue weighted by atomic mass is 16.5. The number of benzene rings is 4. The van der Waals surface area contributed by atoms with Crippen LogP contribution in [0.4, 0.5) is 5.69 Å². The number of hydrogen-bond donors (Lipinski definition) is 2. The Morgan fingerprint density at radius 2 is 1.47 bits per heavy atom. The first-order valence-electron chi connectivity index (χ1n) is 12.4. The molecule has 0 radical (unpaired) electrons. The first kappa shape index (κ1) is 23.7. The van der Waals surface area contributed by atoms with Crippen LogP contribution in [0.2, 0.25) is 0 Å². The van der Waals surface area contributed by atoms with E-state index in [1.54, 1.807) is 7.11 Å². The Labute approximate surface area is 212 Å². The van der Waals surface area contributed by atoms with Crippen LogP contribution in [-0.4, -0.2) is 29.4 Å². The SMILES string of the molecule is COc1ccccc1NC[C@H](O)Cn1c(-c2ccccc2)c(-c2ccccc2)c2cc(C)cc(C)c21. The topological polar surface area (TPSA) is 46.4 Å². The van der Waals surface area contributed by atoms with E-state index in [2.05, 4.69) is 90.5 Å². The third kappa shape index (κ3) is 4.60. The minimum atomic E-state index is -0.614. The highest BCUT2D eigenvalue weighted by Crippen LogP contribution is 2.42. The number of rotatable bonds is 8. The highest BCUT2D eigenvalue weighted by Gasteiger charge is 2.23. The molecule has 182 valence electrons. The van der Waals surface area contributed by atoms with Gasteiger partial charge in [0.15, 0.2) is 0 Å². The first-order chi connectivity index (χ1) is 17.6. The molecule has 4 heteroatoms.